The lowest BCUT2D eigenvalue weighted by atomic mass is 10.0. The van der Waals surface area contributed by atoms with Crippen LogP contribution in [0.3, 0.4) is 0 Å². The van der Waals surface area contributed by atoms with Crippen molar-refractivity contribution < 1.29 is 5.21 Å². The zero-order valence-electron chi connectivity index (χ0n) is 10.6. The molecule has 0 amide bonds. The minimum Gasteiger partial charge on any atom is -0.409 e. The molecule has 1 aromatic heterocycles. The average molecular weight is 249 g/mol. The van der Waals surface area contributed by atoms with Gasteiger partial charge in [0.05, 0.1) is 0 Å². The van der Waals surface area contributed by atoms with Crippen LogP contribution in [0.5, 0.6) is 0 Å². The maximum Gasteiger partial charge on any atom is 0.192 e. The van der Waals surface area contributed by atoms with Crippen LogP contribution in [0.1, 0.15) is 31.9 Å². The SMILES string of the molecule is CC1CCCN(c2nccnc2C(N)=NO)CC1. The minimum absolute atomic E-state index is 0.00963. The van der Waals surface area contributed by atoms with Crippen LogP contribution in [-0.2, 0) is 0 Å². The van der Waals surface area contributed by atoms with Gasteiger partial charge < -0.3 is 15.8 Å². The first-order valence-corrected chi connectivity index (χ1v) is 6.26. The van der Waals surface area contributed by atoms with Crippen molar-refractivity contribution in [1.29, 1.82) is 0 Å². The topological polar surface area (TPSA) is 87.6 Å². The highest BCUT2D eigenvalue weighted by Crippen LogP contribution is 2.22. The summed E-state index contributed by atoms with van der Waals surface area (Å²) in [6.45, 7) is 4.14. The molecule has 1 fully saturated rings. The van der Waals surface area contributed by atoms with Crippen LogP contribution in [-0.4, -0.2) is 34.1 Å². The molecule has 1 atom stereocenters. The molecule has 6 heteroatoms. The fourth-order valence-electron chi connectivity index (χ4n) is 2.26. The van der Waals surface area contributed by atoms with E-state index < -0.39 is 0 Å². The molecule has 18 heavy (non-hydrogen) atoms. The van der Waals surface area contributed by atoms with Gasteiger partial charge in [-0.2, -0.15) is 0 Å². The van der Waals surface area contributed by atoms with Crippen LogP contribution in [0.4, 0.5) is 5.82 Å². The molecule has 6 nitrogen and oxygen atoms in total. The van der Waals surface area contributed by atoms with Crippen LogP contribution in [0.15, 0.2) is 17.5 Å². The number of anilines is 1. The van der Waals surface area contributed by atoms with Gasteiger partial charge in [-0.1, -0.05) is 12.1 Å². The number of amidine groups is 1. The Morgan fingerprint density at radius 3 is 2.94 bits per heavy atom. The summed E-state index contributed by atoms with van der Waals surface area (Å²) in [7, 11) is 0. The predicted molar refractivity (Wildman–Crippen MR) is 69.8 cm³/mol. The second-order valence-corrected chi connectivity index (χ2v) is 4.74. The van der Waals surface area contributed by atoms with E-state index in [4.69, 9.17) is 10.9 Å². The number of nitrogens with zero attached hydrogens (tertiary/aromatic N) is 4. The maximum atomic E-state index is 8.79. The molecule has 1 aromatic rings. The molecule has 0 bridgehead atoms. The molecule has 0 aromatic carbocycles. The second kappa shape index (κ2) is 5.66. The molecule has 0 aliphatic carbocycles. The number of aromatic nitrogens is 2. The molecule has 0 radical (unpaired) electrons. The van der Waals surface area contributed by atoms with Crippen LogP contribution < -0.4 is 10.6 Å². The third kappa shape index (κ3) is 2.69. The highest BCUT2D eigenvalue weighted by atomic mass is 16.4. The fourth-order valence-corrected chi connectivity index (χ4v) is 2.26. The number of hydrogen-bond donors (Lipinski definition) is 2. The summed E-state index contributed by atoms with van der Waals surface area (Å²) >= 11 is 0. The Balaban J connectivity index is 2.27. The summed E-state index contributed by atoms with van der Waals surface area (Å²) in [5.74, 6) is 1.45. The molecule has 1 aliphatic heterocycles. The largest absolute Gasteiger partial charge is 0.409 e. The standard InChI is InChI=1S/C12H19N5O/c1-9-3-2-7-17(8-4-9)12-10(11(13)16-18)14-5-6-15-12/h5-6,9,18H,2-4,7-8H2,1H3,(H2,13,16). The van der Waals surface area contributed by atoms with E-state index in [9.17, 15) is 0 Å². The lowest BCUT2D eigenvalue weighted by molar-refractivity contribution is 0.318. The molecule has 2 heterocycles. The van der Waals surface area contributed by atoms with Crippen molar-refractivity contribution >= 4 is 11.7 Å². The van der Waals surface area contributed by atoms with E-state index in [0.29, 0.717) is 11.5 Å². The summed E-state index contributed by atoms with van der Waals surface area (Å²) < 4.78 is 0. The Morgan fingerprint density at radius 2 is 2.17 bits per heavy atom. The summed E-state index contributed by atoms with van der Waals surface area (Å²) in [4.78, 5) is 10.7. The van der Waals surface area contributed by atoms with Gasteiger partial charge in [0.1, 0.15) is 0 Å². The molecule has 0 spiro atoms. The first kappa shape index (κ1) is 12.6. The van der Waals surface area contributed by atoms with Crippen molar-refractivity contribution in [2.24, 2.45) is 16.8 Å². The lowest BCUT2D eigenvalue weighted by Gasteiger charge is -2.22. The van der Waals surface area contributed by atoms with Crippen molar-refractivity contribution in [1.82, 2.24) is 9.97 Å². The van der Waals surface area contributed by atoms with Gasteiger partial charge >= 0.3 is 0 Å². The van der Waals surface area contributed by atoms with Crippen molar-refractivity contribution in [3.63, 3.8) is 0 Å². The summed E-state index contributed by atoms with van der Waals surface area (Å²) in [6, 6.07) is 0. The van der Waals surface area contributed by atoms with E-state index in [0.717, 1.165) is 31.8 Å². The van der Waals surface area contributed by atoms with Crippen molar-refractivity contribution in [3.05, 3.63) is 18.1 Å². The van der Waals surface area contributed by atoms with Gasteiger partial charge in [0.15, 0.2) is 17.3 Å². The average Bonchev–Trinajstić information content (AvgIpc) is 2.62. The van der Waals surface area contributed by atoms with Crippen molar-refractivity contribution in [2.75, 3.05) is 18.0 Å². The molecule has 98 valence electrons. The minimum atomic E-state index is 0.00963. The molecule has 0 saturated carbocycles. The Hall–Kier alpha value is -1.85. The highest BCUT2D eigenvalue weighted by Gasteiger charge is 2.19. The molecule has 1 unspecified atom stereocenters. The van der Waals surface area contributed by atoms with Crippen LogP contribution in [0.2, 0.25) is 0 Å². The molecule has 2 rings (SSSR count). The monoisotopic (exact) mass is 249 g/mol. The van der Waals surface area contributed by atoms with Gasteiger partial charge in [-0.15, -0.1) is 0 Å². The first-order valence-electron chi connectivity index (χ1n) is 6.26. The number of rotatable bonds is 2. The third-order valence-corrected chi connectivity index (χ3v) is 3.35. The summed E-state index contributed by atoms with van der Waals surface area (Å²) in [6.07, 6.45) is 6.68. The first-order chi connectivity index (χ1) is 8.72. The normalized spacial score (nSPS) is 21.7. The van der Waals surface area contributed by atoms with Gasteiger partial charge in [0, 0.05) is 25.5 Å². The van der Waals surface area contributed by atoms with Gasteiger partial charge in [0.2, 0.25) is 0 Å². The van der Waals surface area contributed by atoms with Crippen molar-refractivity contribution in [2.45, 2.75) is 26.2 Å². The molecule has 3 N–H and O–H groups in total. The van der Waals surface area contributed by atoms with Gasteiger partial charge in [-0.3, -0.25) is 0 Å². The second-order valence-electron chi connectivity index (χ2n) is 4.74. The number of hydrogen-bond acceptors (Lipinski definition) is 5. The van der Waals surface area contributed by atoms with E-state index in [1.54, 1.807) is 12.4 Å². The van der Waals surface area contributed by atoms with E-state index in [2.05, 4.69) is 26.9 Å². The third-order valence-electron chi connectivity index (χ3n) is 3.35. The smallest absolute Gasteiger partial charge is 0.192 e. The van der Waals surface area contributed by atoms with Crippen LogP contribution in [0.25, 0.3) is 0 Å². The van der Waals surface area contributed by atoms with Gasteiger partial charge in [-0.25, -0.2) is 9.97 Å². The lowest BCUT2D eigenvalue weighted by Crippen LogP contribution is -2.29. The quantitative estimate of drug-likeness (QED) is 0.356. The van der Waals surface area contributed by atoms with Gasteiger partial charge in [-0.05, 0) is 25.2 Å². The Morgan fingerprint density at radius 1 is 1.39 bits per heavy atom. The van der Waals surface area contributed by atoms with Crippen LogP contribution in [0, 0.1) is 5.92 Å². The van der Waals surface area contributed by atoms with E-state index in [1.807, 2.05) is 0 Å². The molecule has 1 saturated heterocycles. The number of oxime groups is 1. The van der Waals surface area contributed by atoms with Crippen molar-refractivity contribution in [3.8, 4) is 0 Å². The Bertz CT molecular complexity index is 434. The molecular weight excluding hydrogens is 230 g/mol. The number of nitrogens with two attached hydrogens (primary N) is 1. The summed E-state index contributed by atoms with van der Waals surface area (Å²) in [5.41, 5.74) is 6.09. The van der Waals surface area contributed by atoms with Crippen LogP contribution >= 0.6 is 0 Å². The Kier molecular flexibility index (Phi) is 3.96. The maximum absolute atomic E-state index is 8.79. The predicted octanol–water partition coefficient (Wildman–Crippen LogP) is 1.20. The zero-order valence-corrected chi connectivity index (χ0v) is 10.6. The van der Waals surface area contributed by atoms with E-state index >= 15 is 0 Å². The van der Waals surface area contributed by atoms with E-state index in [1.165, 1.54) is 6.42 Å². The molecular formula is C12H19N5O. The van der Waals surface area contributed by atoms with E-state index in [-0.39, 0.29) is 5.84 Å². The fraction of sp³-hybridized carbons (Fsp3) is 0.583. The Labute approximate surface area is 107 Å². The highest BCUT2D eigenvalue weighted by molar-refractivity contribution is 5.99. The summed E-state index contributed by atoms with van der Waals surface area (Å²) in [5, 5.41) is 11.8. The van der Waals surface area contributed by atoms with Gasteiger partial charge in [0.25, 0.3) is 0 Å². The zero-order chi connectivity index (χ0) is 13.0. The molecule has 1 aliphatic rings.